The summed E-state index contributed by atoms with van der Waals surface area (Å²) in [4.78, 5) is 11.0. The average Bonchev–Trinajstić information content (AvgIpc) is 2.42. The molecule has 0 radical (unpaired) electrons. The Kier molecular flexibility index (Phi) is 6.03. The molecule has 5 heteroatoms. The molecule has 0 aliphatic carbocycles. The van der Waals surface area contributed by atoms with E-state index in [-0.39, 0.29) is 11.8 Å². The van der Waals surface area contributed by atoms with Gasteiger partial charge in [0.15, 0.2) is 6.10 Å². The van der Waals surface area contributed by atoms with Crippen LogP contribution in [0.3, 0.4) is 0 Å². The smallest absolute Gasteiger partial charge is 0.235 e. The fourth-order valence-electron chi connectivity index (χ4n) is 1.34. The van der Waals surface area contributed by atoms with Gasteiger partial charge in [-0.15, -0.1) is 11.6 Å². The second kappa shape index (κ2) is 7.57. The molecular formula is C13H15ClN2O2. The van der Waals surface area contributed by atoms with E-state index in [1.807, 2.05) is 19.1 Å². The lowest BCUT2D eigenvalue weighted by Gasteiger charge is -2.11. The molecule has 0 aromatic heterocycles. The molecule has 0 heterocycles. The maximum atomic E-state index is 11.0. The number of alkyl halides is 1. The van der Waals surface area contributed by atoms with Crippen molar-refractivity contribution in [3.05, 3.63) is 29.8 Å². The van der Waals surface area contributed by atoms with Gasteiger partial charge in [-0.2, -0.15) is 5.26 Å². The number of carbonyl (C=O) groups excluding carboxylic acids is 1. The first kappa shape index (κ1) is 14.3. The van der Waals surface area contributed by atoms with E-state index in [4.69, 9.17) is 21.6 Å². The van der Waals surface area contributed by atoms with Crippen LogP contribution in [0.2, 0.25) is 0 Å². The number of ether oxygens (including phenoxy) is 1. The van der Waals surface area contributed by atoms with Gasteiger partial charge < -0.3 is 10.1 Å². The number of benzene rings is 1. The van der Waals surface area contributed by atoms with Crippen molar-refractivity contribution >= 4 is 17.5 Å². The summed E-state index contributed by atoms with van der Waals surface area (Å²) in [5.74, 6) is 0.357. The SMILES string of the molecule is CCC(C#N)Oc1cccc(CNC(=O)CCl)c1. The van der Waals surface area contributed by atoms with Crippen molar-refractivity contribution in [2.75, 3.05) is 5.88 Å². The number of rotatable bonds is 6. The molecule has 96 valence electrons. The molecule has 0 aliphatic rings. The van der Waals surface area contributed by atoms with Crippen LogP contribution in [0.25, 0.3) is 0 Å². The molecule has 1 aromatic rings. The Hall–Kier alpha value is -1.73. The monoisotopic (exact) mass is 266 g/mol. The quantitative estimate of drug-likeness (QED) is 0.803. The molecule has 0 bridgehead atoms. The fraction of sp³-hybridized carbons (Fsp3) is 0.385. The Labute approximate surface area is 112 Å². The topological polar surface area (TPSA) is 62.1 Å². The standard InChI is InChI=1S/C13H15ClN2O2/c1-2-11(8-15)18-12-5-3-4-10(6-12)9-16-13(17)7-14/h3-6,11H,2,7,9H2,1H3,(H,16,17). The predicted octanol–water partition coefficient (Wildman–Crippen LogP) is 2.22. The summed E-state index contributed by atoms with van der Waals surface area (Å²) in [6.07, 6.45) is 0.182. The van der Waals surface area contributed by atoms with Gasteiger partial charge >= 0.3 is 0 Å². The fourth-order valence-corrected chi connectivity index (χ4v) is 1.44. The first-order valence-corrected chi connectivity index (χ1v) is 6.21. The lowest BCUT2D eigenvalue weighted by Crippen LogP contribution is -2.23. The van der Waals surface area contributed by atoms with Crippen molar-refractivity contribution in [2.45, 2.75) is 26.0 Å². The van der Waals surface area contributed by atoms with Crippen LogP contribution in [-0.4, -0.2) is 17.9 Å². The van der Waals surface area contributed by atoms with E-state index >= 15 is 0 Å². The molecule has 1 unspecified atom stereocenters. The van der Waals surface area contributed by atoms with Gasteiger partial charge in [0.1, 0.15) is 17.7 Å². The summed E-state index contributed by atoms with van der Waals surface area (Å²) in [6.45, 7) is 2.28. The molecule has 18 heavy (non-hydrogen) atoms. The molecule has 1 rings (SSSR count). The van der Waals surface area contributed by atoms with Gasteiger partial charge in [-0.3, -0.25) is 4.79 Å². The molecule has 1 amide bonds. The summed E-state index contributed by atoms with van der Waals surface area (Å²) in [5, 5.41) is 11.5. The van der Waals surface area contributed by atoms with E-state index in [9.17, 15) is 4.79 Å². The van der Waals surface area contributed by atoms with Crippen molar-refractivity contribution in [1.82, 2.24) is 5.32 Å². The summed E-state index contributed by atoms with van der Waals surface area (Å²) in [5.41, 5.74) is 0.902. The summed E-state index contributed by atoms with van der Waals surface area (Å²) >= 11 is 5.38. The number of nitrogens with zero attached hydrogens (tertiary/aromatic N) is 1. The molecule has 1 N–H and O–H groups in total. The summed E-state index contributed by atoms with van der Waals surface area (Å²) in [6, 6.07) is 9.35. The minimum atomic E-state index is -0.447. The lowest BCUT2D eigenvalue weighted by atomic mass is 10.2. The van der Waals surface area contributed by atoms with E-state index in [2.05, 4.69) is 11.4 Å². The minimum absolute atomic E-state index is 0.0530. The first-order chi connectivity index (χ1) is 8.69. The number of halogens is 1. The number of nitrogens with one attached hydrogen (secondary N) is 1. The molecule has 0 fully saturated rings. The average molecular weight is 267 g/mol. The van der Waals surface area contributed by atoms with E-state index in [0.717, 1.165) is 5.56 Å². The maximum absolute atomic E-state index is 11.0. The molecular weight excluding hydrogens is 252 g/mol. The molecule has 0 saturated carbocycles. The van der Waals surface area contributed by atoms with Gasteiger partial charge in [0, 0.05) is 6.54 Å². The third kappa shape index (κ3) is 4.64. The Morgan fingerprint density at radius 3 is 3.00 bits per heavy atom. The highest BCUT2D eigenvalue weighted by Crippen LogP contribution is 2.15. The second-order valence-corrected chi connectivity index (χ2v) is 3.97. The number of hydrogen-bond donors (Lipinski definition) is 1. The van der Waals surface area contributed by atoms with Gasteiger partial charge in [0.05, 0.1) is 0 Å². The highest BCUT2D eigenvalue weighted by molar-refractivity contribution is 6.27. The minimum Gasteiger partial charge on any atom is -0.476 e. The van der Waals surface area contributed by atoms with Crippen molar-refractivity contribution in [1.29, 1.82) is 5.26 Å². The zero-order valence-electron chi connectivity index (χ0n) is 10.1. The number of amides is 1. The third-order valence-corrected chi connectivity index (χ3v) is 2.55. The van der Waals surface area contributed by atoms with Gasteiger partial charge in [-0.25, -0.2) is 0 Å². The predicted molar refractivity (Wildman–Crippen MR) is 69.3 cm³/mol. The molecule has 0 saturated heterocycles. The van der Waals surface area contributed by atoms with Crippen LogP contribution in [0.15, 0.2) is 24.3 Å². The first-order valence-electron chi connectivity index (χ1n) is 5.67. The normalized spacial score (nSPS) is 11.4. The number of nitriles is 1. The van der Waals surface area contributed by atoms with Crippen molar-refractivity contribution in [3.63, 3.8) is 0 Å². The lowest BCUT2D eigenvalue weighted by molar-refractivity contribution is -0.118. The number of hydrogen-bond acceptors (Lipinski definition) is 3. The second-order valence-electron chi connectivity index (χ2n) is 3.70. The summed E-state index contributed by atoms with van der Waals surface area (Å²) in [7, 11) is 0. The Morgan fingerprint density at radius 2 is 2.39 bits per heavy atom. The van der Waals surface area contributed by atoms with Crippen molar-refractivity contribution in [3.8, 4) is 11.8 Å². The molecule has 0 spiro atoms. The molecule has 1 aromatic carbocycles. The zero-order valence-corrected chi connectivity index (χ0v) is 10.9. The van der Waals surface area contributed by atoms with E-state index in [1.54, 1.807) is 12.1 Å². The van der Waals surface area contributed by atoms with Crippen molar-refractivity contribution < 1.29 is 9.53 Å². The summed E-state index contributed by atoms with van der Waals surface area (Å²) < 4.78 is 5.49. The Bertz CT molecular complexity index is 443. The maximum Gasteiger partial charge on any atom is 0.235 e. The highest BCUT2D eigenvalue weighted by atomic mass is 35.5. The Balaban J connectivity index is 2.62. The third-order valence-electron chi connectivity index (χ3n) is 2.30. The van der Waals surface area contributed by atoms with Crippen LogP contribution in [0.1, 0.15) is 18.9 Å². The molecule has 0 aliphatic heterocycles. The van der Waals surface area contributed by atoms with E-state index in [1.165, 1.54) is 0 Å². The van der Waals surface area contributed by atoms with Gasteiger partial charge in [-0.1, -0.05) is 19.1 Å². The van der Waals surface area contributed by atoms with Crippen LogP contribution < -0.4 is 10.1 Å². The van der Waals surface area contributed by atoms with Gasteiger partial charge in [-0.05, 0) is 24.1 Å². The highest BCUT2D eigenvalue weighted by Gasteiger charge is 2.06. The number of carbonyl (C=O) groups is 1. The van der Waals surface area contributed by atoms with E-state index < -0.39 is 6.10 Å². The van der Waals surface area contributed by atoms with Crippen LogP contribution in [0, 0.1) is 11.3 Å². The zero-order chi connectivity index (χ0) is 13.4. The molecule has 4 nitrogen and oxygen atoms in total. The van der Waals surface area contributed by atoms with E-state index in [0.29, 0.717) is 18.7 Å². The van der Waals surface area contributed by atoms with Gasteiger partial charge in [0.2, 0.25) is 5.91 Å². The largest absolute Gasteiger partial charge is 0.476 e. The van der Waals surface area contributed by atoms with Crippen LogP contribution in [0.4, 0.5) is 0 Å². The van der Waals surface area contributed by atoms with Crippen LogP contribution in [0.5, 0.6) is 5.75 Å². The van der Waals surface area contributed by atoms with Gasteiger partial charge in [0.25, 0.3) is 0 Å². The Morgan fingerprint density at radius 1 is 1.61 bits per heavy atom. The molecule has 1 atom stereocenters. The van der Waals surface area contributed by atoms with Crippen LogP contribution in [-0.2, 0) is 11.3 Å². The van der Waals surface area contributed by atoms with Crippen molar-refractivity contribution in [2.24, 2.45) is 0 Å². The van der Waals surface area contributed by atoms with Crippen LogP contribution >= 0.6 is 11.6 Å².